The maximum atomic E-state index is 6.28. The number of thiazole rings is 1. The molecule has 0 aromatic carbocycles. The second-order valence-corrected chi connectivity index (χ2v) is 13.0. The van der Waals surface area contributed by atoms with Gasteiger partial charge in [-0.1, -0.05) is 26.8 Å². The Labute approximate surface area is 186 Å². The summed E-state index contributed by atoms with van der Waals surface area (Å²) in [6.45, 7) is 7.83. The maximum Gasteiger partial charge on any atom is 0.115 e. The molecule has 10 atom stereocenters. The molecule has 0 bridgehead atoms. The van der Waals surface area contributed by atoms with E-state index in [1.54, 1.807) is 11.3 Å². The average Bonchev–Trinajstić information content (AvgIpc) is 3.05. The highest BCUT2D eigenvalue weighted by molar-refractivity contribution is 7.10. The summed E-state index contributed by atoms with van der Waals surface area (Å²) in [5, 5.41) is 3.23. The van der Waals surface area contributed by atoms with Crippen LogP contribution in [0.3, 0.4) is 0 Å². The molecule has 0 radical (unpaired) electrons. The molecule has 30 heavy (non-hydrogen) atoms. The molecule has 1 spiro atoms. The van der Waals surface area contributed by atoms with Gasteiger partial charge in [0.15, 0.2) is 0 Å². The van der Waals surface area contributed by atoms with Crippen LogP contribution in [-0.4, -0.2) is 18.2 Å². The third-order valence-corrected chi connectivity index (χ3v) is 12.3. The van der Waals surface area contributed by atoms with Crippen LogP contribution in [0.4, 0.5) is 0 Å². The van der Waals surface area contributed by atoms with Gasteiger partial charge in [-0.2, -0.15) is 0 Å². The summed E-state index contributed by atoms with van der Waals surface area (Å²) in [5.41, 5.74) is 1.62. The number of aromatic nitrogens is 1. The lowest BCUT2D eigenvalue weighted by Gasteiger charge is -2.61. The fraction of sp³-hybridized carbons (Fsp3) is 0.815. The number of nitrogens with zero attached hydrogens (tertiary/aromatic N) is 1. The largest absolute Gasteiger partial charge is 0.381 e. The van der Waals surface area contributed by atoms with Gasteiger partial charge in [0.1, 0.15) is 5.01 Å². The van der Waals surface area contributed by atoms with E-state index in [9.17, 15) is 0 Å². The van der Waals surface area contributed by atoms with Gasteiger partial charge in [0.25, 0.3) is 0 Å². The zero-order valence-corrected chi connectivity index (χ0v) is 20.1. The highest BCUT2D eigenvalue weighted by atomic mass is 32.1. The second-order valence-electron chi connectivity index (χ2n) is 12.1. The molecule has 164 valence electrons. The lowest BCUT2D eigenvalue weighted by Crippen LogP contribution is -2.57. The standard InChI is InChI=1S/C27H39NOS/c1-17(5-8-24-28-13-14-30-24)20-6-7-21-19-15-23(29-4)27-16-18(27)9-12-26(27,3)22(19)10-11-25(20,21)2/h5,8,13-14,17-23H,6-7,9-12,15-16H2,1-4H3/b8-5+/t17-,18-,19+,20-,21+,22+,23-,25-,26-,27?/m1/s1. The van der Waals surface area contributed by atoms with Crippen molar-refractivity contribution >= 4 is 17.4 Å². The number of allylic oxidation sites excluding steroid dienone is 1. The van der Waals surface area contributed by atoms with Crippen molar-refractivity contribution in [1.29, 1.82) is 0 Å². The third kappa shape index (κ3) is 2.43. The molecule has 3 heteroatoms. The van der Waals surface area contributed by atoms with E-state index in [0.717, 1.165) is 34.6 Å². The number of rotatable bonds is 4. The van der Waals surface area contributed by atoms with Crippen molar-refractivity contribution < 1.29 is 4.74 Å². The van der Waals surface area contributed by atoms with Crippen molar-refractivity contribution in [3.8, 4) is 0 Å². The fourth-order valence-electron chi connectivity index (χ4n) is 10.2. The lowest BCUT2D eigenvalue weighted by molar-refractivity contribution is -0.160. The van der Waals surface area contributed by atoms with Crippen LogP contribution in [0.5, 0.6) is 0 Å². The van der Waals surface area contributed by atoms with E-state index in [1.807, 2.05) is 13.3 Å². The first-order chi connectivity index (χ1) is 14.4. The molecule has 1 aromatic heterocycles. The Morgan fingerprint density at radius 2 is 2.03 bits per heavy atom. The van der Waals surface area contributed by atoms with E-state index < -0.39 is 0 Å². The van der Waals surface area contributed by atoms with Gasteiger partial charge in [-0.05, 0) is 104 Å². The summed E-state index contributed by atoms with van der Waals surface area (Å²) < 4.78 is 6.28. The first kappa shape index (κ1) is 20.0. The van der Waals surface area contributed by atoms with E-state index >= 15 is 0 Å². The molecular formula is C27H39NOS. The molecule has 0 aliphatic heterocycles. The van der Waals surface area contributed by atoms with Gasteiger partial charge in [-0.25, -0.2) is 4.98 Å². The minimum absolute atomic E-state index is 0.508. The molecule has 1 heterocycles. The average molecular weight is 426 g/mol. The highest BCUT2D eigenvalue weighted by Gasteiger charge is 2.77. The summed E-state index contributed by atoms with van der Waals surface area (Å²) in [4.78, 5) is 4.45. The number of fused-ring (bicyclic) bond motifs is 4. The lowest BCUT2D eigenvalue weighted by atomic mass is 9.45. The van der Waals surface area contributed by atoms with Crippen molar-refractivity contribution in [3.63, 3.8) is 0 Å². The molecule has 5 aliphatic rings. The van der Waals surface area contributed by atoms with Crippen LogP contribution >= 0.6 is 11.3 Å². The van der Waals surface area contributed by atoms with E-state index in [0.29, 0.717) is 28.3 Å². The van der Waals surface area contributed by atoms with Gasteiger partial charge in [0.05, 0.1) is 6.10 Å². The summed E-state index contributed by atoms with van der Waals surface area (Å²) in [6, 6.07) is 0. The van der Waals surface area contributed by atoms with E-state index in [-0.39, 0.29) is 0 Å². The van der Waals surface area contributed by atoms with Crippen molar-refractivity contribution in [1.82, 2.24) is 4.98 Å². The Hall–Kier alpha value is -0.670. The molecule has 0 N–H and O–H groups in total. The topological polar surface area (TPSA) is 22.1 Å². The van der Waals surface area contributed by atoms with E-state index in [2.05, 4.69) is 43.3 Å². The summed E-state index contributed by atoms with van der Waals surface area (Å²) in [6.07, 6.45) is 18.7. The molecule has 5 aliphatic carbocycles. The van der Waals surface area contributed by atoms with Gasteiger partial charge >= 0.3 is 0 Å². The van der Waals surface area contributed by atoms with Gasteiger partial charge in [-0.15, -0.1) is 11.3 Å². The van der Waals surface area contributed by atoms with Crippen molar-refractivity contribution in [2.45, 2.75) is 78.2 Å². The van der Waals surface area contributed by atoms with Crippen LogP contribution in [-0.2, 0) is 4.74 Å². The molecule has 0 amide bonds. The molecule has 1 aromatic rings. The molecule has 2 nitrogen and oxygen atoms in total. The van der Waals surface area contributed by atoms with Crippen LogP contribution in [0.15, 0.2) is 17.7 Å². The van der Waals surface area contributed by atoms with Crippen LogP contribution in [0.25, 0.3) is 6.08 Å². The molecule has 5 fully saturated rings. The van der Waals surface area contributed by atoms with E-state index in [4.69, 9.17) is 4.74 Å². The smallest absolute Gasteiger partial charge is 0.115 e. The predicted octanol–water partition coefficient (Wildman–Crippen LogP) is 7.08. The van der Waals surface area contributed by atoms with Crippen LogP contribution in [0.1, 0.15) is 77.1 Å². The van der Waals surface area contributed by atoms with E-state index in [1.165, 1.54) is 51.4 Å². The first-order valence-corrected chi connectivity index (χ1v) is 13.4. The van der Waals surface area contributed by atoms with Gasteiger partial charge < -0.3 is 4.74 Å². The van der Waals surface area contributed by atoms with Gasteiger partial charge in [0.2, 0.25) is 0 Å². The predicted molar refractivity (Wildman–Crippen MR) is 124 cm³/mol. The summed E-state index contributed by atoms with van der Waals surface area (Å²) in [7, 11) is 2.01. The molecule has 6 rings (SSSR count). The number of hydrogen-bond donors (Lipinski definition) is 0. The quantitative estimate of drug-likeness (QED) is 0.514. The normalized spacial score (nSPS) is 52.5. The Bertz CT molecular complexity index is 834. The summed E-state index contributed by atoms with van der Waals surface area (Å²) >= 11 is 1.75. The SMILES string of the molecule is CO[C@@H]1C[C@H]2[C@@H]3CC[C@H]([C@H](C)/C=C/c4nccs4)[C@@]3(C)CC[C@@H]2[C@@]2(C)CC[C@@H]3CC312. The van der Waals surface area contributed by atoms with Crippen LogP contribution < -0.4 is 0 Å². The minimum Gasteiger partial charge on any atom is -0.381 e. The number of hydrogen-bond acceptors (Lipinski definition) is 3. The highest BCUT2D eigenvalue weighted by Crippen LogP contribution is 2.82. The van der Waals surface area contributed by atoms with Crippen molar-refractivity contribution in [2.24, 2.45) is 51.8 Å². The van der Waals surface area contributed by atoms with Crippen molar-refractivity contribution in [3.05, 3.63) is 22.7 Å². The molecular weight excluding hydrogens is 386 g/mol. The molecule has 5 saturated carbocycles. The zero-order valence-electron chi connectivity index (χ0n) is 19.3. The number of methoxy groups -OCH3 is 1. The zero-order chi connectivity index (χ0) is 20.7. The Balaban J connectivity index is 1.27. The van der Waals surface area contributed by atoms with Crippen LogP contribution in [0.2, 0.25) is 0 Å². The monoisotopic (exact) mass is 425 g/mol. The summed E-state index contributed by atoms with van der Waals surface area (Å²) in [5.74, 6) is 5.19. The van der Waals surface area contributed by atoms with Crippen molar-refractivity contribution in [2.75, 3.05) is 7.11 Å². The maximum absolute atomic E-state index is 6.28. The van der Waals surface area contributed by atoms with Crippen LogP contribution in [0, 0.1) is 51.8 Å². The Morgan fingerprint density at radius 3 is 2.77 bits per heavy atom. The second kappa shape index (κ2) is 6.67. The minimum atomic E-state index is 0.508. The molecule has 0 saturated heterocycles. The fourth-order valence-corrected chi connectivity index (χ4v) is 10.7. The first-order valence-electron chi connectivity index (χ1n) is 12.5. The molecule has 1 unspecified atom stereocenters. The third-order valence-electron chi connectivity index (χ3n) is 11.5. The number of ether oxygens (including phenoxy) is 1. The van der Waals surface area contributed by atoms with Gasteiger partial charge in [-0.3, -0.25) is 0 Å². The van der Waals surface area contributed by atoms with Gasteiger partial charge in [0, 0.05) is 24.1 Å². The Morgan fingerprint density at radius 1 is 1.17 bits per heavy atom. The Kier molecular flexibility index (Phi) is 4.44.